The van der Waals surface area contributed by atoms with Crippen LogP contribution in [0.5, 0.6) is 0 Å². The lowest BCUT2D eigenvalue weighted by molar-refractivity contribution is 0.350. The van der Waals surface area contributed by atoms with Crippen molar-refractivity contribution < 1.29 is 18.8 Å². The maximum absolute atomic E-state index is 11.0. The van der Waals surface area contributed by atoms with Crippen molar-refractivity contribution >= 4 is 13.7 Å². The monoisotopic (exact) mass is 391 g/mol. The van der Waals surface area contributed by atoms with Crippen LogP contribution in [0, 0.1) is 0 Å². The summed E-state index contributed by atoms with van der Waals surface area (Å²) in [4.78, 5) is 18.0. The number of hydrogen-bond acceptors (Lipinski definition) is 3. The van der Waals surface area contributed by atoms with E-state index in [0.29, 0.717) is 12.8 Å². The predicted octanol–water partition coefficient (Wildman–Crippen LogP) is 4.53. The van der Waals surface area contributed by atoms with E-state index in [-0.39, 0.29) is 12.6 Å². The maximum Gasteiger partial charge on any atom is 0.325 e. The van der Waals surface area contributed by atoms with Crippen LogP contribution in [0.25, 0.3) is 6.08 Å². The quantitative estimate of drug-likeness (QED) is 0.386. The van der Waals surface area contributed by atoms with Crippen LogP contribution in [0.15, 0.2) is 53.0 Å². The molecule has 0 fully saturated rings. The van der Waals surface area contributed by atoms with Gasteiger partial charge in [-0.05, 0) is 62.8 Å². The first-order chi connectivity index (χ1) is 12.7. The molecule has 1 aromatic heterocycles. The second kappa shape index (κ2) is 10.0. The lowest BCUT2D eigenvalue weighted by Crippen LogP contribution is -2.37. The molecule has 0 bridgehead atoms. The Morgan fingerprint density at radius 1 is 1.11 bits per heavy atom. The van der Waals surface area contributed by atoms with Gasteiger partial charge in [0.25, 0.3) is 0 Å². The Morgan fingerprint density at radius 2 is 1.85 bits per heavy atom. The topological polar surface area (TPSA) is 96.7 Å². The molecule has 0 saturated heterocycles. The first-order valence-electron chi connectivity index (χ1n) is 9.36. The molecule has 148 valence electrons. The summed E-state index contributed by atoms with van der Waals surface area (Å²) >= 11 is 0. The SMILES string of the molecule is CC(N)(CCc1ccc(/C=C/CCCc2ccccc2)o1)CCP(=O)(O)O. The fourth-order valence-electron chi connectivity index (χ4n) is 2.82. The molecule has 27 heavy (non-hydrogen) atoms. The highest BCUT2D eigenvalue weighted by Gasteiger charge is 2.24. The summed E-state index contributed by atoms with van der Waals surface area (Å²) < 4.78 is 16.8. The van der Waals surface area contributed by atoms with Crippen molar-refractivity contribution in [3.05, 3.63) is 65.6 Å². The fourth-order valence-corrected chi connectivity index (χ4v) is 3.62. The summed E-state index contributed by atoms with van der Waals surface area (Å²) in [6, 6.07) is 14.3. The van der Waals surface area contributed by atoms with Crippen LogP contribution < -0.4 is 5.73 Å². The molecule has 0 saturated carbocycles. The smallest absolute Gasteiger partial charge is 0.325 e. The van der Waals surface area contributed by atoms with Gasteiger partial charge in [0, 0.05) is 12.0 Å². The highest BCUT2D eigenvalue weighted by atomic mass is 31.2. The summed E-state index contributed by atoms with van der Waals surface area (Å²) in [5, 5.41) is 0. The first kappa shape index (κ1) is 21.6. The molecule has 1 aromatic carbocycles. The van der Waals surface area contributed by atoms with Crippen LogP contribution in [0.1, 0.15) is 49.7 Å². The molecule has 2 aromatic rings. The van der Waals surface area contributed by atoms with E-state index in [1.54, 1.807) is 0 Å². The van der Waals surface area contributed by atoms with Gasteiger partial charge in [-0.3, -0.25) is 4.57 Å². The van der Waals surface area contributed by atoms with Crippen molar-refractivity contribution in [2.45, 2.75) is 51.0 Å². The van der Waals surface area contributed by atoms with Crippen molar-refractivity contribution in [1.29, 1.82) is 0 Å². The van der Waals surface area contributed by atoms with Gasteiger partial charge in [-0.1, -0.05) is 36.4 Å². The summed E-state index contributed by atoms with van der Waals surface area (Å²) in [5.41, 5.74) is 6.87. The van der Waals surface area contributed by atoms with E-state index in [4.69, 9.17) is 19.9 Å². The number of hydrogen-bond donors (Lipinski definition) is 3. The summed E-state index contributed by atoms with van der Waals surface area (Å²) in [5.74, 6) is 1.66. The molecule has 0 aliphatic heterocycles. The van der Waals surface area contributed by atoms with E-state index in [1.165, 1.54) is 5.56 Å². The van der Waals surface area contributed by atoms with Gasteiger partial charge in [0.2, 0.25) is 0 Å². The summed E-state index contributed by atoms with van der Waals surface area (Å²) in [6.07, 6.45) is 8.63. The fraction of sp³-hybridized carbons (Fsp3) is 0.429. The van der Waals surface area contributed by atoms with Gasteiger partial charge in [-0.2, -0.15) is 0 Å². The van der Waals surface area contributed by atoms with Crippen LogP contribution >= 0.6 is 7.60 Å². The van der Waals surface area contributed by atoms with E-state index in [0.717, 1.165) is 30.8 Å². The van der Waals surface area contributed by atoms with E-state index in [1.807, 2.05) is 31.2 Å². The number of unbranched alkanes of at least 4 members (excludes halogenated alkanes) is 1. The second-order valence-corrected chi connectivity index (χ2v) is 9.15. The van der Waals surface area contributed by atoms with E-state index in [9.17, 15) is 4.57 Å². The largest absolute Gasteiger partial charge is 0.462 e. The minimum atomic E-state index is -4.00. The molecule has 0 radical (unpaired) electrons. The molecule has 1 heterocycles. The Balaban J connectivity index is 1.71. The van der Waals surface area contributed by atoms with Gasteiger partial charge in [0.15, 0.2) is 0 Å². The number of benzene rings is 1. The molecule has 1 atom stereocenters. The zero-order valence-electron chi connectivity index (χ0n) is 15.9. The van der Waals surface area contributed by atoms with Crippen molar-refractivity contribution in [3.8, 4) is 0 Å². The molecule has 0 spiro atoms. The average Bonchev–Trinajstić information content (AvgIpc) is 3.07. The van der Waals surface area contributed by atoms with E-state index >= 15 is 0 Å². The van der Waals surface area contributed by atoms with Crippen LogP contribution in [0.4, 0.5) is 0 Å². The standard InChI is InChI=1S/C21H30NO4P/c1-21(22,16-17-27(23,24)25)15-14-20-13-12-19(26-20)11-7-3-6-10-18-8-4-2-5-9-18/h2,4-5,7-9,11-13H,3,6,10,14-17,22H2,1H3,(H2,23,24,25)/b11-7+. The Bertz CT molecular complexity index is 761. The number of nitrogens with two attached hydrogens (primary N) is 1. The molecule has 0 aliphatic carbocycles. The normalized spacial score (nSPS) is 14.5. The number of furan rings is 1. The number of aryl methyl sites for hydroxylation is 2. The molecule has 5 nitrogen and oxygen atoms in total. The maximum atomic E-state index is 11.0. The van der Waals surface area contributed by atoms with Gasteiger partial charge >= 0.3 is 7.60 Å². The van der Waals surface area contributed by atoms with Crippen molar-refractivity contribution in [2.24, 2.45) is 5.73 Å². The Kier molecular flexibility index (Phi) is 8.06. The van der Waals surface area contributed by atoms with Gasteiger partial charge in [0.05, 0.1) is 6.16 Å². The first-order valence-corrected chi connectivity index (χ1v) is 11.2. The third-order valence-electron chi connectivity index (χ3n) is 4.56. The predicted molar refractivity (Wildman–Crippen MR) is 110 cm³/mol. The summed E-state index contributed by atoms with van der Waals surface area (Å²) in [6.45, 7) is 1.82. The van der Waals surface area contributed by atoms with E-state index in [2.05, 4.69) is 30.3 Å². The summed E-state index contributed by atoms with van der Waals surface area (Å²) in [7, 11) is -4.00. The van der Waals surface area contributed by atoms with Crippen LogP contribution in [-0.4, -0.2) is 21.5 Å². The van der Waals surface area contributed by atoms with Gasteiger partial charge < -0.3 is 19.9 Å². The highest BCUT2D eigenvalue weighted by Crippen LogP contribution is 2.37. The zero-order chi connectivity index (χ0) is 19.8. The third-order valence-corrected chi connectivity index (χ3v) is 5.37. The van der Waals surface area contributed by atoms with Crippen LogP contribution in [0.2, 0.25) is 0 Å². The van der Waals surface area contributed by atoms with Crippen molar-refractivity contribution in [2.75, 3.05) is 6.16 Å². The molecular formula is C21H30NO4P. The molecule has 2 rings (SSSR count). The molecular weight excluding hydrogens is 361 g/mol. The lowest BCUT2D eigenvalue weighted by atomic mass is 9.93. The zero-order valence-corrected chi connectivity index (χ0v) is 16.8. The highest BCUT2D eigenvalue weighted by molar-refractivity contribution is 7.51. The Labute approximate surface area is 161 Å². The Morgan fingerprint density at radius 3 is 2.56 bits per heavy atom. The van der Waals surface area contributed by atoms with Gasteiger partial charge in [0.1, 0.15) is 11.5 Å². The molecule has 4 N–H and O–H groups in total. The van der Waals surface area contributed by atoms with Crippen molar-refractivity contribution in [3.63, 3.8) is 0 Å². The molecule has 0 amide bonds. The molecule has 6 heteroatoms. The number of allylic oxidation sites excluding steroid dienone is 1. The second-order valence-electron chi connectivity index (χ2n) is 7.38. The lowest BCUT2D eigenvalue weighted by Gasteiger charge is -2.24. The average molecular weight is 391 g/mol. The van der Waals surface area contributed by atoms with Gasteiger partial charge in [-0.25, -0.2) is 0 Å². The molecule has 0 aliphatic rings. The minimum absolute atomic E-state index is 0.185. The van der Waals surface area contributed by atoms with Crippen molar-refractivity contribution in [1.82, 2.24) is 0 Å². The van der Waals surface area contributed by atoms with Crippen LogP contribution in [0.3, 0.4) is 0 Å². The Hall–Kier alpha value is -1.65. The number of rotatable bonds is 11. The third kappa shape index (κ3) is 9.21. The van der Waals surface area contributed by atoms with Crippen LogP contribution in [-0.2, 0) is 17.4 Å². The molecule has 1 unspecified atom stereocenters. The van der Waals surface area contributed by atoms with E-state index < -0.39 is 13.1 Å². The van der Waals surface area contributed by atoms with Gasteiger partial charge in [-0.15, -0.1) is 0 Å². The minimum Gasteiger partial charge on any atom is -0.462 e.